The zero-order valence-corrected chi connectivity index (χ0v) is 15.7. The van der Waals surface area contributed by atoms with E-state index in [9.17, 15) is 4.79 Å². The van der Waals surface area contributed by atoms with Crippen LogP contribution in [0.5, 0.6) is 0 Å². The minimum atomic E-state index is -0.0598. The molecule has 0 radical (unpaired) electrons. The molecule has 1 aromatic heterocycles. The van der Waals surface area contributed by atoms with Crippen LogP contribution in [-0.2, 0) is 6.54 Å². The van der Waals surface area contributed by atoms with Gasteiger partial charge in [-0.2, -0.15) is 5.26 Å². The lowest BCUT2D eigenvalue weighted by Gasteiger charge is -2.24. The number of pyridine rings is 1. The molecule has 0 saturated heterocycles. The Hall–Kier alpha value is -2.19. The third-order valence-corrected chi connectivity index (χ3v) is 5.09. The van der Waals surface area contributed by atoms with Crippen LogP contribution in [-0.4, -0.2) is 22.3 Å². The second kappa shape index (κ2) is 8.07. The van der Waals surface area contributed by atoms with Gasteiger partial charge in [0.15, 0.2) is 0 Å². The Labute approximate surface area is 151 Å². The highest BCUT2D eigenvalue weighted by atomic mass is 79.9. The number of halogens is 1. The molecule has 124 valence electrons. The normalized spacial score (nSPS) is 10.3. The van der Waals surface area contributed by atoms with E-state index in [4.69, 9.17) is 5.26 Å². The molecular weight excluding hydrogens is 366 g/mol. The number of benzene rings is 1. The van der Waals surface area contributed by atoms with Crippen molar-refractivity contribution in [3.05, 3.63) is 62.9 Å². The van der Waals surface area contributed by atoms with Crippen LogP contribution in [0.25, 0.3) is 0 Å². The average molecular weight is 386 g/mol. The SMILES string of the molecule is Cc1c(Br)cc(C(=O)N(CCC#N)Cc2cccnc2)c(C)c1C. The molecule has 2 aromatic rings. The summed E-state index contributed by atoms with van der Waals surface area (Å²) in [5.74, 6) is -0.0598. The van der Waals surface area contributed by atoms with Gasteiger partial charge in [-0.25, -0.2) is 0 Å². The van der Waals surface area contributed by atoms with E-state index >= 15 is 0 Å². The lowest BCUT2D eigenvalue weighted by molar-refractivity contribution is 0.0746. The van der Waals surface area contributed by atoms with Crippen LogP contribution in [0, 0.1) is 32.1 Å². The van der Waals surface area contributed by atoms with Crippen molar-refractivity contribution in [1.82, 2.24) is 9.88 Å². The first kappa shape index (κ1) is 18.2. The number of nitrogens with zero attached hydrogens (tertiary/aromatic N) is 3. The first-order valence-electron chi connectivity index (χ1n) is 7.77. The van der Waals surface area contributed by atoms with Gasteiger partial charge in [0.25, 0.3) is 5.91 Å². The van der Waals surface area contributed by atoms with Crippen molar-refractivity contribution < 1.29 is 4.79 Å². The van der Waals surface area contributed by atoms with Gasteiger partial charge in [-0.1, -0.05) is 22.0 Å². The number of amides is 1. The molecule has 0 spiro atoms. The molecular formula is C19H20BrN3O. The maximum absolute atomic E-state index is 13.1. The molecule has 1 aromatic carbocycles. The molecule has 0 fully saturated rings. The molecule has 0 aliphatic carbocycles. The highest BCUT2D eigenvalue weighted by molar-refractivity contribution is 9.10. The Bertz CT molecular complexity index is 781. The zero-order valence-electron chi connectivity index (χ0n) is 14.1. The Morgan fingerprint density at radius 3 is 2.67 bits per heavy atom. The molecule has 0 atom stereocenters. The van der Waals surface area contributed by atoms with Gasteiger partial charge in [0.2, 0.25) is 0 Å². The van der Waals surface area contributed by atoms with E-state index in [0.29, 0.717) is 25.1 Å². The van der Waals surface area contributed by atoms with Crippen molar-refractivity contribution >= 4 is 21.8 Å². The molecule has 1 heterocycles. The second-order valence-corrected chi connectivity index (χ2v) is 6.63. The van der Waals surface area contributed by atoms with E-state index in [0.717, 1.165) is 26.7 Å². The van der Waals surface area contributed by atoms with Crippen molar-refractivity contribution in [3.8, 4) is 6.07 Å². The fraction of sp³-hybridized carbons (Fsp3) is 0.316. The topological polar surface area (TPSA) is 57.0 Å². The van der Waals surface area contributed by atoms with E-state index in [-0.39, 0.29) is 5.91 Å². The molecule has 2 rings (SSSR count). The fourth-order valence-corrected chi connectivity index (χ4v) is 3.07. The minimum Gasteiger partial charge on any atom is -0.333 e. The van der Waals surface area contributed by atoms with Crippen molar-refractivity contribution in [3.63, 3.8) is 0 Å². The molecule has 0 bridgehead atoms. The number of hydrogen-bond acceptors (Lipinski definition) is 3. The summed E-state index contributed by atoms with van der Waals surface area (Å²) >= 11 is 3.53. The van der Waals surface area contributed by atoms with Gasteiger partial charge in [-0.15, -0.1) is 0 Å². The third kappa shape index (κ3) is 4.01. The van der Waals surface area contributed by atoms with E-state index in [1.54, 1.807) is 17.3 Å². The number of carbonyl (C=O) groups excluding carboxylic acids is 1. The van der Waals surface area contributed by atoms with Crippen LogP contribution in [0.15, 0.2) is 35.1 Å². The predicted molar refractivity (Wildman–Crippen MR) is 97.6 cm³/mol. The number of nitriles is 1. The van der Waals surface area contributed by atoms with Crippen LogP contribution < -0.4 is 0 Å². The van der Waals surface area contributed by atoms with Crippen molar-refractivity contribution in [1.29, 1.82) is 5.26 Å². The summed E-state index contributed by atoms with van der Waals surface area (Å²) < 4.78 is 0.926. The molecule has 0 aliphatic heterocycles. The molecule has 0 unspecified atom stereocenters. The first-order valence-corrected chi connectivity index (χ1v) is 8.56. The summed E-state index contributed by atoms with van der Waals surface area (Å²) in [7, 11) is 0. The van der Waals surface area contributed by atoms with E-state index in [1.807, 2.05) is 39.0 Å². The van der Waals surface area contributed by atoms with Gasteiger partial charge in [0.05, 0.1) is 12.5 Å². The third-order valence-electron chi connectivity index (χ3n) is 4.27. The van der Waals surface area contributed by atoms with Crippen LogP contribution in [0.1, 0.15) is 39.0 Å². The predicted octanol–water partition coefficient (Wildman–Crippen LogP) is 4.33. The Morgan fingerprint density at radius 1 is 1.29 bits per heavy atom. The molecule has 1 amide bonds. The zero-order chi connectivity index (χ0) is 17.7. The minimum absolute atomic E-state index is 0.0598. The molecule has 24 heavy (non-hydrogen) atoms. The van der Waals surface area contributed by atoms with Gasteiger partial charge in [0, 0.05) is 35.5 Å². The van der Waals surface area contributed by atoms with E-state index < -0.39 is 0 Å². The molecule has 0 N–H and O–H groups in total. The average Bonchev–Trinajstić information content (AvgIpc) is 2.60. The summed E-state index contributed by atoms with van der Waals surface area (Å²) in [5, 5.41) is 8.90. The molecule has 0 aliphatic rings. The second-order valence-electron chi connectivity index (χ2n) is 5.78. The lowest BCUT2D eigenvalue weighted by Crippen LogP contribution is -2.32. The van der Waals surface area contributed by atoms with E-state index in [1.165, 1.54) is 0 Å². The highest BCUT2D eigenvalue weighted by Gasteiger charge is 2.20. The van der Waals surface area contributed by atoms with Gasteiger partial charge in [-0.3, -0.25) is 9.78 Å². The monoisotopic (exact) mass is 385 g/mol. The standard InChI is InChI=1S/C19H20BrN3O/c1-13-14(2)17(10-18(20)15(13)3)19(24)23(9-5-7-21)12-16-6-4-8-22-11-16/h4,6,8,10-11H,5,9,12H2,1-3H3. The Kier molecular flexibility index (Phi) is 6.10. The lowest BCUT2D eigenvalue weighted by atomic mass is 9.98. The number of hydrogen-bond donors (Lipinski definition) is 0. The molecule has 4 nitrogen and oxygen atoms in total. The van der Waals surface area contributed by atoms with Crippen molar-refractivity contribution in [2.24, 2.45) is 0 Å². The fourth-order valence-electron chi connectivity index (χ4n) is 2.55. The maximum Gasteiger partial charge on any atom is 0.254 e. The quantitative estimate of drug-likeness (QED) is 0.769. The van der Waals surface area contributed by atoms with Crippen molar-refractivity contribution in [2.45, 2.75) is 33.7 Å². The highest BCUT2D eigenvalue weighted by Crippen LogP contribution is 2.27. The molecule has 5 heteroatoms. The summed E-state index contributed by atoms with van der Waals surface area (Å²) in [6, 6.07) is 7.78. The van der Waals surface area contributed by atoms with Gasteiger partial charge >= 0.3 is 0 Å². The van der Waals surface area contributed by atoms with E-state index in [2.05, 4.69) is 27.0 Å². The van der Waals surface area contributed by atoms with Gasteiger partial charge in [-0.05, 0) is 55.2 Å². The van der Waals surface area contributed by atoms with Gasteiger partial charge < -0.3 is 4.90 Å². The summed E-state index contributed by atoms with van der Waals surface area (Å²) in [6.07, 6.45) is 3.75. The Morgan fingerprint density at radius 2 is 2.04 bits per heavy atom. The van der Waals surface area contributed by atoms with Crippen LogP contribution >= 0.6 is 15.9 Å². The smallest absolute Gasteiger partial charge is 0.254 e. The van der Waals surface area contributed by atoms with Crippen LogP contribution in [0.3, 0.4) is 0 Å². The Balaban J connectivity index is 2.36. The van der Waals surface area contributed by atoms with Crippen LogP contribution in [0.4, 0.5) is 0 Å². The largest absolute Gasteiger partial charge is 0.333 e. The number of carbonyl (C=O) groups is 1. The van der Waals surface area contributed by atoms with Gasteiger partial charge in [0.1, 0.15) is 0 Å². The molecule has 0 saturated carbocycles. The van der Waals surface area contributed by atoms with Crippen molar-refractivity contribution in [2.75, 3.05) is 6.54 Å². The number of aromatic nitrogens is 1. The summed E-state index contributed by atoms with van der Waals surface area (Å²) in [4.78, 5) is 18.9. The maximum atomic E-state index is 13.1. The first-order chi connectivity index (χ1) is 11.5. The number of rotatable bonds is 5. The summed E-state index contributed by atoms with van der Waals surface area (Å²) in [5.41, 5.74) is 4.85. The summed E-state index contributed by atoms with van der Waals surface area (Å²) in [6.45, 7) is 6.86. The van der Waals surface area contributed by atoms with Crippen LogP contribution in [0.2, 0.25) is 0 Å².